The summed E-state index contributed by atoms with van der Waals surface area (Å²) < 4.78 is 10.3. The first kappa shape index (κ1) is 12.4. The van der Waals surface area contributed by atoms with Crippen molar-refractivity contribution in [1.82, 2.24) is 0 Å². The van der Waals surface area contributed by atoms with Crippen LogP contribution in [0.15, 0.2) is 24.3 Å². The van der Waals surface area contributed by atoms with Gasteiger partial charge in [-0.25, -0.2) is 0 Å². The van der Waals surface area contributed by atoms with Crippen LogP contribution in [0.4, 0.5) is 0 Å². The van der Waals surface area contributed by atoms with Gasteiger partial charge in [0.1, 0.15) is 0 Å². The zero-order valence-electron chi connectivity index (χ0n) is 8.16. The molecule has 0 aromatic carbocycles. The maximum Gasteiger partial charge on any atom is 0.0714 e. The molecule has 0 radical (unpaired) electrons. The van der Waals surface area contributed by atoms with Gasteiger partial charge in [0.25, 0.3) is 0 Å². The van der Waals surface area contributed by atoms with Crippen molar-refractivity contribution in [2.75, 3.05) is 33.0 Å². The fourth-order valence-electron chi connectivity index (χ4n) is 0.735. The minimum atomic E-state index is 0.0623. The van der Waals surface area contributed by atoms with Crippen LogP contribution in [0, 0.1) is 0 Å². The Labute approximate surface area is 79.7 Å². The smallest absolute Gasteiger partial charge is 0.0714 e. The Balaban J connectivity index is 3.20. The number of hydrogen-bond donors (Lipinski definition) is 1. The molecule has 0 aliphatic heterocycles. The number of aliphatic hydroxyl groups is 1. The van der Waals surface area contributed by atoms with Crippen molar-refractivity contribution in [2.24, 2.45) is 0 Å². The number of hydrogen-bond acceptors (Lipinski definition) is 3. The van der Waals surface area contributed by atoms with Gasteiger partial charge in [0.05, 0.1) is 33.0 Å². The fraction of sp³-hybridized carbons (Fsp3) is 0.600. The van der Waals surface area contributed by atoms with Gasteiger partial charge in [0, 0.05) is 0 Å². The number of allylic oxidation sites excluding steroid dienone is 1. The summed E-state index contributed by atoms with van der Waals surface area (Å²) in [5.41, 5.74) is 1.07. The second-order valence-electron chi connectivity index (χ2n) is 2.46. The predicted octanol–water partition coefficient (Wildman–Crippen LogP) is 1.14. The third-order valence-corrected chi connectivity index (χ3v) is 1.51. The van der Waals surface area contributed by atoms with Crippen molar-refractivity contribution in [3.63, 3.8) is 0 Å². The van der Waals surface area contributed by atoms with E-state index in [2.05, 4.69) is 6.58 Å². The Hall–Kier alpha value is -0.640. The molecule has 0 rings (SSSR count). The van der Waals surface area contributed by atoms with E-state index in [0.29, 0.717) is 26.4 Å². The van der Waals surface area contributed by atoms with Crippen molar-refractivity contribution >= 4 is 0 Å². The minimum Gasteiger partial charge on any atom is -0.394 e. The minimum absolute atomic E-state index is 0.0623. The van der Waals surface area contributed by atoms with Gasteiger partial charge in [0.2, 0.25) is 0 Å². The lowest BCUT2D eigenvalue weighted by Crippen LogP contribution is -2.08. The Morgan fingerprint density at radius 1 is 1.31 bits per heavy atom. The molecule has 0 fully saturated rings. The monoisotopic (exact) mass is 186 g/mol. The summed E-state index contributed by atoms with van der Waals surface area (Å²) in [5, 5.41) is 8.40. The molecule has 0 aliphatic rings. The molecular weight excluding hydrogens is 168 g/mol. The average Bonchev–Trinajstić information content (AvgIpc) is 2.17. The first-order valence-electron chi connectivity index (χ1n) is 4.39. The largest absolute Gasteiger partial charge is 0.394 e. The van der Waals surface area contributed by atoms with Crippen LogP contribution in [0.3, 0.4) is 0 Å². The molecule has 13 heavy (non-hydrogen) atoms. The maximum atomic E-state index is 8.40. The first-order chi connectivity index (χ1) is 6.35. The van der Waals surface area contributed by atoms with E-state index in [4.69, 9.17) is 14.6 Å². The molecule has 0 aromatic heterocycles. The zero-order valence-corrected chi connectivity index (χ0v) is 8.16. The van der Waals surface area contributed by atoms with Gasteiger partial charge in [-0.3, -0.25) is 0 Å². The summed E-state index contributed by atoms with van der Waals surface area (Å²) in [4.78, 5) is 0. The summed E-state index contributed by atoms with van der Waals surface area (Å²) >= 11 is 0. The van der Waals surface area contributed by atoms with Crippen molar-refractivity contribution < 1.29 is 14.6 Å². The van der Waals surface area contributed by atoms with Crippen molar-refractivity contribution in [1.29, 1.82) is 0 Å². The zero-order chi connectivity index (χ0) is 9.94. The lowest BCUT2D eigenvalue weighted by atomic mass is 10.3. The van der Waals surface area contributed by atoms with Gasteiger partial charge in [0.15, 0.2) is 0 Å². The van der Waals surface area contributed by atoms with E-state index in [1.165, 1.54) is 0 Å². The van der Waals surface area contributed by atoms with Crippen LogP contribution in [-0.4, -0.2) is 38.1 Å². The molecule has 0 bridgehead atoms. The highest BCUT2D eigenvalue weighted by Crippen LogP contribution is 1.95. The van der Waals surface area contributed by atoms with E-state index >= 15 is 0 Å². The SMILES string of the molecule is C=C/C(=C\C)COCCOCCO. The number of aliphatic hydroxyl groups excluding tert-OH is 1. The summed E-state index contributed by atoms with van der Waals surface area (Å²) in [6.45, 7) is 7.67. The Bertz CT molecular complexity index is 152. The van der Waals surface area contributed by atoms with Crippen LogP contribution in [0.25, 0.3) is 0 Å². The third kappa shape index (κ3) is 7.71. The maximum absolute atomic E-state index is 8.40. The fourth-order valence-corrected chi connectivity index (χ4v) is 0.735. The van der Waals surface area contributed by atoms with Gasteiger partial charge in [-0.05, 0) is 12.5 Å². The van der Waals surface area contributed by atoms with E-state index < -0.39 is 0 Å². The average molecular weight is 186 g/mol. The van der Waals surface area contributed by atoms with Crippen molar-refractivity contribution in [2.45, 2.75) is 6.92 Å². The number of rotatable bonds is 8. The molecule has 0 amide bonds. The second kappa shape index (κ2) is 9.45. The van der Waals surface area contributed by atoms with Crippen LogP contribution < -0.4 is 0 Å². The van der Waals surface area contributed by atoms with E-state index in [1.54, 1.807) is 6.08 Å². The Morgan fingerprint density at radius 2 is 2.00 bits per heavy atom. The predicted molar refractivity (Wildman–Crippen MR) is 52.7 cm³/mol. The first-order valence-corrected chi connectivity index (χ1v) is 4.39. The molecule has 0 spiro atoms. The highest BCUT2D eigenvalue weighted by Gasteiger charge is 1.91. The summed E-state index contributed by atoms with van der Waals surface area (Å²) in [6, 6.07) is 0. The van der Waals surface area contributed by atoms with Crippen LogP contribution in [0.2, 0.25) is 0 Å². The standard InChI is InChI=1S/C10H18O3/c1-3-10(4-2)9-13-8-7-12-6-5-11/h3-4,11H,1,5-9H2,2H3/b10-4+. The van der Waals surface area contributed by atoms with E-state index in [-0.39, 0.29) is 6.61 Å². The summed E-state index contributed by atoms with van der Waals surface area (Å²) in [7, 11) is 0. The van der Waals surface area contributed by atoms with E-state index in [9.17, 15) is 0 Å². The lowest BCUT2D eigenvalue weighted by molar-refractivity contribution is 0.0400. The molecule has 0 unspecified atom stereocenters. The molecule has 3 heteroatoms. The highest BCUT2D eigenvalue weighted by molar-refractivity contribution is 5.15. The van der Waals surface area contributed by atoms with Gasteiger partial charge in [-0.2, -0.15) is 0 Å². The molecule has 0 atom stereocenters. The molecular formula is C10H18O3. The van der Waals surface area contributed by atoms with Gasteiger partial charge in [-0.1, -0.05) is 18.7 Å². The summed E-state index contributed by atoms with van der Waals surface area (Å²) in [6.07, 6.45) is 3.73. The topological polar surface area (TPSA) is 38.7 Å². The molecule has 76 valence electrons. The molecule has 0 aromatic rings. The van der Waals surface area contributed by atoms with Crippen molar-refractivity contribution in [3.8, 4) is 0 Å². The Morgan fingerprint density at radius 3 is 2.54 bits per heavy atom. The van der Waals surface area contributed by atoms with Crippen LogP contribution in [-0.2, 0) is 9.47 Å². The highest BCUT2D eigenvalue weighted by atomic mass is 16.5. The molecule has 0 aliphatic carbocycles. The molecule has 0 saturated heterocycles. The number of ether oxygens (including phenoxy) is 2. The quantitative estimate of drug-likeness (QED) is 0.456. The van der Waals surface area contributed by atoms with Crippen molar-refractivity contribution in [3.05, 3.63) is 24.3 Å². The molecule has 3 nitrogen and oxygen atoms in total. The van der Waals surface area contributed by atoms with Crippen LogP contribution in [0.5, 0.6) is 0 Å². The lowest BCUT2D eigenvalue weighted by Gasteiger charge is -2.04. The second-order valence-corrected chi connectivity index (χ2v) is 2.46. The normalized spacial score (nSPS) is 11.7. The summed E-state index contributed by atoms with van der Waals surface area (Å²) in [5.74, 6) is 0. The molecule has 0 saturated carbocycles. The molecule has 0 heterocycles. The van der Waals surface area contributed by atoms with Crippen LogP contribution in [0.1, 0.15) is 6.92 Å². The van der Waals surface area contributed by atoms with E-state index in [0.717, 1.165) is 5.57 Å². The van der Waals surface area contributed by atoms with Crippen LogP contribution >= 0.6 is 0 Å². The van der Waals surface area contributed by atoms with E-state index in [1.807, 2.05) is 13.0 Å². The molecule has 1 N–H and O–H groups in total. The third-order valence-electron chi connectivity index (χ3n) is 1.51. The Kier molecular flexibility index (Phi) is 8.98. The van der Waals surface area contributed by atoms with Gasteiger partial charge < -0.3 is 14.6 Å². The van der Waals surface area contributed by atoms with Gasteiger partial charge in [-0.15, -0.1) is 0 Å². The van der Waals surface area contributed by atoms with Gasteiger partial charge >= 0.3 is 0 Å².